The molecule has 13 heavy (non-hydrogen) atoms. The van der Waals surface area contributed by atoms with Crippen LogP contribution in [0.25, 0.3) is 11.0 Å². The van der Waals surface area contributed by atoms with Crippen LogP contribution in [0.2, 0.25) is 5.15 Å². The molecule has 0 aliphatic heterocycles. The molecule has 0 radical (unpaired) electrons. The molecule has 0 fully saturated rings. The molecule has 0 saturated heterocycles. The molecule has 2 heterocycles. The van der Waals surface area contributed by atoms with Crippen molar-refractivity contribution < 1.29 is 9.90 Å². The van der Waals surface area contributed by atoms with Crippen molar-refractivity contribution in [3.8, 4) is 0 Å². The molecule has 2 rings (SSSR count). The van der Waals surface area contributed by atoms with Crippen LogP contribution in [-0.4, -0.2) is 26.3 Å². The molecule has 0 unspecified atom stereocenters. The highest BCUT2D eigenvalue weighted by molar-refractivity contribution is 6.29. The molecule has 0 saturated carbocycles. The number of rotatable bonds is 1. The van der Waals surface area contributed by atoms with Crippen LogP contribution in [0, 0.1) is 0 Å². The van der Waals surface area contributed by atoms with Crippen molar-refractivity contribution in [3.05, 3.63) is 23.0 Å². The Morgan fingerprint density at radius 2 is 2.31 bits per heavy atom. The molecule has 0 atom stereocenters. The van der Waals surface area contributed by atoms with Crippen LogP contribution in [0.3, 0.4) is 0 Å². The van der Waals surface area contributed by atoms with E-state index in [-0.39, 0.29) is 10.7 Å². The van der Waals surface area contributed by atoms with Gasteiger partial charge in [0.1, 0.15) is 11.1 Å². The fourth-order valence-corrected chi connectivity index (χ4v) is 1.21. The molecule has 0 amide bonds. The van der Waals surface area contributed by atoms with Crippen LogP contribution in [-0.2, 0) is 0 Å². The number of H-pyrrole nitrogens is 1. The maximum absolute atomic E-state index is 10.6. The summed E-state index contributed by atoms with van der Waals surface area (Å²) in [6.45, 7) is 0. The number of nitrogens with zero attached hydrogens (tertiary/aromatic N) is 2. The molecular weight excluding hydrogens is 194 g/mol. The third-order valence-corrected chi connectivity index (χ3v) is 1.81. The standard InChI is InChI=1S/C7H4ClN3O2/c8-5-1-4-6(11-10-5)3(2-9-4)7(12)13/h1-2,9H,(H,12,13). The number of aromatic carboxylic acids is 1. The summed E-state index contributed by atoms with van der Waals surface area (Å²) in [5.74, 6) is -1.04. The lowest BCUT2D eigenvalue weighted by atomic mass is 10.3. The SMILES string of the molecule is O=C(O)c1c[nH]c2cc(Cl)nnc12. The lowest BCUT2D eigenvalue weighted by Crippen LogP contribution is -1.95. The summed E-state index contributed by atoms with van der Waals surface area (Å²) in [7, 11) is 0. The lowest BCUT2D eigenvalue weighted by molar-refractivity contribution is 0.0699. The van der Waals surface area contributed by atoms with Gasteiger partial charge in [0.05, 0.1) is 5.52 Å². The number of hydrogen-bond donors (Lipinski definition) is 2. The highest BCUT2D eigenvalue weighted by Gasteiger charge is 2.12. The normalized spacial score (nSPS) is 10.5. The molecule has 0 spiro atoms. The summed E-state index contributed by atoms with van der Waals surface area (Å²) in [5.41, 5.74) is 0.980. The minimum Gasteiger partial charge on any atom is -0.478 e. The summed E-state index contributed by atoms with van der Waals surface area (Å²) in [6, 6.07) is 1.52. The average Bonchev–Trinajstić information content (AvgIpc) is 2.46. The van der Waals surface area contributed by atoms with Crippen LogP contribution < -0.4 is 0 Å². The number of aromatic amines is 1. The zero-order valence-corrected chi connectivity index (χ0v) is 7.04. The van der Waals surface area contributed by atoms with E-state index in [1.165, 1.54) is 12.3 Å². The molecule has 0 aliphatic rings. The minimum absolute atomic E-state index is 0.0965. The number of carboxylic acid groups (broad SMARTS) is 1. The van der Waals surface area contributed by atoms with Crippen molar-refractivity contribution in [2.75, 3.05) is 0 Å². The van der Waals surface area contributed by atoms with Crippen LogP contribution in [0.15, 0.2) is 12.3 Å². The van der Waals surface area contributed by atoms with E-state index in [2.05, 4.69) is 15.2 Å². The van der Waals surface area contributed by atoms with Gasteiger partial charge in [0.2, 0.25) is 0 Å². The first kappa shape index (κ1) is 8.00. The number of hydrogen-bond acceptors (Lipinski definition) is 3. The maximum Gasteiger partial charge on any atom is 0.339 e. The fourth-order valence-electron chi connectivity index (χ4n) is 1.06. The third-order valence-electron chi connectivity index (χ3n) is 1.62. The largest absolute Gasteiger partial charge is 0.478 e. The molecular formula is C7H4ClN3O2. The number of nitrogens with one attached hydrogen (secondary N) is 1. The van der Waals surface area contributed by atoms with E-state index in [0.29, 0.717) is 11.0 Å². The molecule has 0 aliphatic carbocycles. The Morgan fingerprint density at radius 3 is 3.00 bits per heavy atom. The van der Waals surface area contributed by atoms with E-state index in [0.717, 1.165) is 0 Å². The van der Waals surface area contributed by atoms with Gasteiger partial charge in [0.25, 0.3) is 0 Å². The fraction of sp³-hybridized carbons (Fsp3) is 0. The zero-order chi connectivity index (χ0) is 9.42. The Hall–Kier alpha value is -1.62. The van der Waals surface area contributed by atoms with E-state index >= 15 is 0 Å². The van der Waals surface area contributed by atoms with Gasteiger partial charge < -0.3 is 10.1 Å². The summed E-state index contributed by atoms with van der Waals surface area (Å²) in [5, 5.41) is 16.2. The summed E-state index contributed by atoms with van der Waals surface area (Å²) in [6.07, 6.45) is 1.36. The summed E-state index contributed by atoms with van der Waals surface area (Å²) >= 11 is 5.57. The number of carbonyl (C=O) groups is 1. The third kappa shape index (κ3) is 1.23. The van der Waals surface area contributed by atoms with Crippen molar-refractivity contribution in [1.82, 2.24) is 15.2 Å². The lowest BCUT2D eigenvalue weighted by Gasteiger charge is -1.90. The smallest absolute Gasteiger partial charge is 0.339 e. The molecule has 0 aromatic carbocycles. The second kappa shape index (κ2) is 2.70. The van der Waals surface area contributed by atoms with Crippen LogP contribution >= 0.6 is 11.6 Å². The molecule has 66 valence electrons. The first-order valence-electron chi connectivity index (χ1n) is 3.42. The Labute approximate surface area is 77.4 Å². The summed E-state index contributed by atoms with van der Waals surface area (Å²) < 4.78 is 0. The number of fused-ring (bicyclic) bond motifs is 1. The van der Waals surface area contributed by atoms with Gasteiger partial charge in [-0.25, -0.2) is 4.79 Å². The predicted molar refractivity (Wildman–Crippen MR) is 45.9 cm³/mol. The molecule has 2 N–H and O–H groups in total. The first-order chi connectivity index (χ1) is 6.18. The molecule has 5 nitrogen and oxygen atoms in total. The Bertz CT molecular complexity index is 480. The predicted octanol–water partition coefficient (Wildman–Crippen LogP) is 1.31. The second-order valence-electron chi connectivity index (χ2n) is 2.44. The highest BCUT2D eigenvalue weighted by atomic mass is 35.5. The minimum atomic E-state index is -1.04. The van der Waals surface area contributed by atoms with Gasteiger partial charge in [-0.3, -0.25) is 0 Å². The molecule has 2 aromatic rings. The quantitative estimate of drug-likeness (QED) is 0.723. The van der Waals surface area contributed by atoms with E-state index < -0.39 is 5.97 Å². The van der Waals surface area contributed by atoms with E-state index in [1.54, 1.807) is 0 Å². The van der Waals surface area contributed by atoms with Crippen LogP contribution in [0.1, 0.15) is 10.4 Å². The van der Waals surface area contributed by atoms with E-state index in [1.807, 2.05) is 0 Å². The highest BCUT2D eigenvalue weighted by Crippen LogP contribution is 2.16. The number of halogens is 1. The number of carboxylic acids is 1. The molecule has 2 aromatic heterocycles. The van der Waals surface area contributed by atoms with Gasteiger partial charge in [-0.1, -0.05) is 11.6 Å². The van der Waals surface area contributed by atoms with Gasteiger partial charge in [0, 0.05) is 12.3 Å². The Morgan fingerprint density at radius 1 is 1.54 bits per heavy atom. The van der Waals surface area contributed by atoms with Crippen molar-refractivity contribution in [1.29, 1.82) is 0 Å². The van der Waals surface area contributed by atoms with Crippen molar-refractivity contribution in [2.45, 2.75) is 0 Å². The number of aromatic nitrogens is 3. The molecule has 0 bridgehead atoms. The van der Waals surface area contributed by atoms with Gasteiger partial charge in [-0.2, -0.15) is 0 Å². The topological polar surface area (TPSA) is 78.9 Å². The maximum atomic E-state index is 10.6. The monoisotopic (exact) mass is 197 g/mol. The van der Waals surface area contributed by atoms with Crippen LogP contribution in [0.5, 0.6) is 0 Å². The van der Waals surface area contributed by atoms with Crippen LogP contribution in [0.4, 0.5) is 0 Å². The van der Waals surface area contributed by atoms with Crippen molar-refractivity contribution >= 4 is 28.6 Å². The average molecular weight is 198 g/mol. The van der Waals surface area contributed by atoms with E-state index in [4.69, 9.17) is 16.7 Å². The van der Waals surface area contributed by atoms with Crippen molar-refractivity contribution in [3.63, 3.8) is 0 Å². The van der Waals surface area contributed by atoms with Gasteiger partial charge in [-0.05, 0) is 0 Å². The van der Waals surface area contributed by atoms with Gasteiger partial charge in [0.15, 0.2) is 5.15 Å². The first-order valence-corrected chi connectivity index (χ1v) is 3.80. The van der Waals surface area contributed by atoms with E-state index in [9.17, 15) is 4.79 Å². The Balaban J connectivity index is 2.76. The van der Waals surface area contributed by atoms with Crippen molar-refractivity contribution in [2.24, 2.45) is 0 Å². The Kier molecular flexibility index (Phi) is 1.66. The summed E-state index contributed by atoms with van der Waals surface area (Å²) in [4.78, 5) is 13.4. The van der Waals surface area contributed by atoms with Gasteiger partial charge >= 0.3 is 5.97 Å². The second-order valence-corrected chi connectivity index (χ2v) is 2.82. The zero-order valence-electron chi connectivity index (χ0n) is 6.28. The van der Waals surface area contributed by atoms with Gasteiger partial charge in [-0.15, -0.1) is 10.2 Å². The molecule has 6 heteroatoms.